The Hall–Kier alpha value is -1.07. The van der Waals surface area contributed by atoms with Gasteiger partial charge in [0.15, 0.2) is 8.32 Å². The Labute approximate surface area is 228 Å². The van der Waals surface area contributed by atoms with Crippen LogP contribution >= 0.6 is 11.8 Å². The second kappa shape index (κ2) is 15.4. The van der Waals surface area contributed by atoms with Gasteiger partial charge in [-0.3, -0.25) is 0 Å². The highest BCUT2D eigenvalue weighted by Crippen LogP contribution is 2.40. The van der Waals surface area contributed by atoms with Crippen LogP contribution in [-0.2, 0) is 4.43 Å². The number of benzene rings is 1. The lowest BCUT2D eigenvalue weighted by Crippen LogP contribution is -2.51. The molecule has 0 aliphatic rings. The first-order valence-corrected chi connectivity index (χ1v) is 17.6. The molecule has 0 spiro atoms. The van der Waals surface area contributed by atoms with Crippen molar-refractivity contribution in [2.75, 3.05) is 5.75 Å². The summed E-state index contributed by atoms with van der Waals surface area (Å²) in [7, 11) is -2.01. The highest BCUT2D eigenvalue weighted by Gasteiger charge is 2.43. The molecule has 0 radical (unpaired) electrons. The number of rotatable bonds is 15. The van der Waals surface area contributed by atoms with E-state index in [9.17, 15) is 5.11 Å². The molecule has 36 heavy (non-hydrogen) atoms. The van der Waals surface area contributed by atoms with Crippen molar-refractivity contribution in [1.29, 1.82) is 0 Å². The summed E-state index contributed by atoms with van der Waals surface area (Å²) < 4.78 is 6.85. The molecule has 204 valence electrons. The minimum atomic E-state index is -2.01. The lowest BCUT2D eigenvalue weighted by molar-refractivity contribution is -0.0619. The molecule has 0 fully saturated rings. The van der Waals surface area contributed by atoms with E-state index in [0.717, 1.165) is 44.3 Å². The maximum absolute atomic E-state index is 11.6. The topological polar surface area (TPSA) is 29.5 Å². The Morgan fingerprint density at radius 1 is 0.917 bits per heavy atom. The molecule has 1 aromatic rings. The molecule has 2 nitrogen and oxygen atoms in total. The molecule has 1 aromatic carbocycles. The van der Waals surface area contributed by atoms with Gasteiger partial charge in [0.1, 0.15) is 0 Å². The zero-order valence-corrected chi connectivity index (χ0v) is 26.7. The molecule has 0 heterocycles. The van der Waals surface area contributed by atoms with Crippen LogP contribution in [0.2, 0.25) is 18.1 Å². The predicted octanol–water partition coefficient (Wildman–Crippen LogP) is 10.1. The average molecular weight is 531 g/mol. The van der Waals surface area contributed by atoms with Crippen molar-refractivity contribution < 1.29 is 9.53 Å². The van der Waals surface area contributed by atoms with Gasteiger partial charge in [-0.2, -0.15) is 0 Å². The summed E-state index contributed by atoms with van der Waals surface area (Å²) in [6, 6.07) is 10.6. The smallest absolute Gasteiger partial charge is 0.192 e. The summed E-state index contributed by atoms with van der Waals surface area (Å²) in [6.07, 6.45) is 12.3. The Morgan fingerprint density at radius 3 is 2.11 bits per heavy atom. The van der Waals surface area contributed by atoms with Gasteiger partial charge in [-0.15, -0.1) is 11.8 Å². The lowest BCUT2D eigenvalue weighted by Gasteiger charge is -2.43. The van der Waals surface area contributed by atoms with Crippen LogP contribution in [-0.4, -0.2) is 30.9 Å². The van der Waals surface area contributed by atoms with Gasteiger partial charge in [-0.1, -0.05) is 73.9 Å². The average Bonchev–Trinajstić information content (AvgIpc) is 2.76. The normalized spacial score (nSPS) is 16.0. The van der Waals surface area contributed by atoms with Gasteiger partial charge in [0, 0.05) is 10.6 Å². The van der Waals surface area contributed by atoms with Crippen molar-refractivity contribution in [3.8, 4) is 0 Å². The minimum Gasteiger partial charge on any atom is -0.411 e. The molecule has 0 bridgehead atoms. The molecule has 0 aliphatic carbocycles. The van der Waals surface area contributed by atoms with E-state index in [1.165, 1.54) is 21.6 Å². The highest BCUT2D eigenvalue weighted by molar-refractivity contribution is 7.99. The summed E-state index contributed by atoms with van der Waals surface area (Å²) in [5, 5.41) is 11.7. The maximum Gasteiger partial charge on any atom is 0.192 e. The van der Waals surface area contributed by atoms with Gasteiger partial charge in [0.05, 0.1) is 11.7 Å². The minimum absolute atomic E-state index is 0.112. The molecule has 1 rings (SSSR count). The van der Waals surface area contributed by atoms with E-state index >= 15 is 0 Å². The zero-order chi connectivity index (χ0) is 27.4. The molecule has 0 saturated carbocycles. The van der Waals surface area contributed by atoms with E-state index in [1.54, 1.807) is 0 Å². The lowest BCUT2D eigenvalue weighted by atomic mass is 9.90. The SMILES string of the molecule is CC(C)=CCC/C(C)=C/CC[C@](C)(O)[C@@H](CC/C=C(\C)CSc1ccccc1)O[Si](C)(C)C(C)(C)C. The molecule has 0 aliphatic heterocycles. The number of thioether (sulfide) groups is 1. The summed E-state index contributed by atoms with van der Waals surface area (Å²) >= 11 is 1.87. The van der Waals surface area contributed by atoms with Crippen LogP contribution in [0.1, 0.15) is 93.9 Å². The Balaban J connectivity index is 2.82. The van der Waals surface area contributed by atoms with E-state index in [1.807, 2.05) is 18.7 Å². The number of hydrogen-bond acceptors (Lipinski definition) is 3. The number of allylic oxidation sites excluding steroid dienone is 5. The standard InChI is InChI=1S/C32H54O2SSi/c1-26(2)17-14-18-27(3)20-16-24-32(8,33)30(34-36(9,10)31(5,6)7)23-15-19-28(4)25-35-29-21-12-11-13-22-29/h11-13,17,19-22,30,33H,14-16,18,23-25H2,1-10H3/b27-20+,28-19+/t30-,32+/m1/s1. The molecule has 0 aromatic heterocycles. The fourth-order valence-electron chi connectivity index (χ4n) is 3.75. The maximum atomic E-state index is 11.6. The summed E-state index contributed by atoms with van der Waals surface area (Å²) in [5.41, 5.74) is 3.30. The van der Waals surface area contributed by atoms with Crippen LogP contribution in [0.15, 0.2) is 70.2 Å². The van der Waals surface area contributed by atoms with Gasteiger partial charge in [0.25, 0.3) is 0 Å². The van der Waals surface area contributed by atoms with Crippen molar-refractivity contribution in [2.45, 2.75) is 129 Å². The van der Waals surface area contributed by atoms with Gasteiger partial charge >= 0.3 is 0 Å². The third-order valence-electron chi connectivity index (χ3n) is 7.30. The van der Waals surface area contributed by atoms with E-state index in [4.69, 9.17) is 4.43 Å². The second-order valence-electron chi connectivity index (χ2n) is 12.4. The Morgan fingerprint density at radius 2 is 1.53 bits per heavy atom. The first-order chi connectivity index (χ1) is 16.6. The van der Waals surface area contributed by atoms with E-state index in [2.05, 4.69) is 110 Å². The molecule has 2 atom stereocenters. The molecule has 0 unspecified atom stereocenters. The first-order valence-electron chi connectivity index (χ1n) is 13.7. The van der Waals surface area contributed by atoms with E-state index in [-0.39, 0.29) is 11.1 Å². The van der Waals surface area contributed by atoms with Crippen LogP contribution in [0, 0.1) is 0 Å². The van der Waals surface area contributed by atoms with Crippen LogP contribution < -0.4 is 0 Å². The summed E-state index contributed by atoms with van der Waals surface area (Å²) in [5.74, 6) is 0.991. The quantitative estimate of drug-likeness (QED) is 0.139. The van der Waals surface area contributed by atoms with Crippen LogP contribution in [0.3, 0.4) is 0 Å². The Bertz CT molecular complexity index is 856. The van der Waals surface area contributed by atoms with Gasteiger partial charge < -0.3 is 9.53 Å². The monoisotopic (exact) mass is 530 g/mol. The summed E-state index contributed by atoms with van der Waals surface area (Å²) in [4.78, 5) is 1.30. The van der Waals surface area contributed by atoms with Crippen molar-refractivity contribution in [1.82, 2.24) is 0 Å². The first kappa shape index (κ1) is 33.0. The van der Waals surface area contributed by atoms with Gasteiger partial charge in [-0.25, -0.2) is 0 Å². The molecule has 0 saturated heterocycles. The fraction of sp³-hybridized carbons (Fsp3) is 0.625. The van der Waals surface area contributed by atoms with E-state index in [0.29, 0.717) is 0 Å². The largest absolute Gasteiger partial charge is 0.411 e. The van der Waals surface area contributed by atoms with Gasteiger partial charge in [-0.05, 0) is 103 Å². The van der Waals surface area contributed by atoms with Gasteiger partial charge in [0.2, 0.25) is 0 Å². The molecule has 1 N–H and O–H groups in total. The van der Waals surface area contributed by atoms with Crippen LogP contribution in [0.25, 0.3) is 0 Å². The van der Waals surface area contributed by atoms with Crippen molar-refractivity contribution in [3.63, 3.8) is 0 Å². The second-order valence-corrected chi connectivity index (χ2v) is 18.2. The third kappa shape index (κ3) is 12.9. The van der Waals surface area contributed by atoms with Crippen molar-refractivity contribution in [2.24, 2.45) is 0 Å². The number of aliphatic hydroxyl groups is 1. The molecule has 4 heteroatoms. The Kier molecular flexibility index (Phi) is 14.1. The van der Waals surface area contributed by atoms with E-state index < -0.39 is 13.9 Å². The predicted molar refractivity (Wildman–Crippen MR) is 165 cm³/mol. The third-order valence-corrected chi connectivity index (χ3v) is 13.0. The molecule has 0 amide bonds. The van der Waals surface area contributed by atoms with Crippen LogP contribution in [0.5, 0.6) is 0 Å². The molecular weight excluding hydrogens is 477 g/mol. The van der Waals surface area contributed by atoms with Crippen molar-refractivity contribution >= 4 is 20.1 Å². The van der Waals surface area contributed by atoms with Crippen LogP contribution in [0.4, 0.5) is 0 Å². The highest BCUT2D eigenvalue weighted by atomic mass is 32.2. The van der Waals surface area contributed by atoms with Crippen molar-refractivity contribution in [3.05, 3.63) is 65.3 Å². The number of hydrogen-bond donors (Lipinski definition) is 1. The summed E-state index contributed by atoms with van der Waals surface area (Å²) in [6.45, 7) is 22.1. The fourth-order valence-corrected chi connectivity index (χ4v) is 6.04. The zero-order valence-electron chi connectivity index (χ0n) is 24.9. The molecular formula is C32H54O2SSi.